The molecule has 0 fully saturated rings. The van der Waals surface area contributed by atoms with E-state index in [1.165, 1.54) is 27.2 Å². The molecule has 0 bridgehead atoms. The van der Waals surface area contributed by atoms with E-state index in [2.05, 4.69) is 58.8 Å². The number of aryl methyl sites for hydroxylation is 2. The highest BCUT2D eigenvalue weighted by atomic mass is 16.5. The minimum atomic E-state index is -0.499. The van der Waals surface area contributed by atoms with Gasteiger partial charge in [0.25, 0.3) is 11.7 Å². The third-order valence-corrected chi connectivity index (χ3v) is 6.75. The zero-order valence-corrected chi connectivity index (χ0v) is 19.1. The second kappa shape index (κ2) is 8.92. The lowest BCUT2D eigenvalue weighted by Gasteiger charge is -2.20. The standard InChI is InChI=1S/C28H24N4O3/c33-26-24-11-5-6-12-25(24)32(28(26)34)16-15-31-17-21(29-30-31)18-35-27-22-9-3-1-7-19(22)13-14-20-8-2-4-10-23(20)27/h1-12,17,27H,13-16,18H2. The number of aromatic nitrogens is 3. The summed E-state index contributed by atoms with van der Waals surface area (Å²) in [6.07, 6.45) is 3.65. The fraction of sp³-hybridized carbons (Fsp3) is 0.214. The molecule has 0 unspecified atom stereocenters. The Morgan fingerprint density at radius 3 is 2.23 bits per heavy atom. The third-order valence-electron chi connectivity index (χ3n) is 6.75. The van der Waals surface area contributed by atoms with Crippen molar-refractivity contribution in [1.29, 1.82) is 0 Å². The molecule has 0 spiro atoms. The Kier molecular flexibility index (Phi) is 5.47. The fourth-order valence-corrected chi connectivity index (χ4v) is 5.01. The van der Waals surface area contributed by atoms with Gasteiger partial charge in [0.05, 0.1) is 30.6 Å². The Bertz CT molecular complexity index is 1380. The Labute approximate surface area is 203 Å². The first-order chi connectivity index (χ1) is 17.2. The predicted molar refractivity (Wildman–Crippen MR) is 130 cm³/mol. The number of para-hydroxylation sites is 1. The number of rotatable bonds is 6. The van der Waals surface area contributed by atoms with Gasteiger partial charge in [-0.15, -0.1) is 5.10 Å². The van der Waals surface area contributed by atoms with Gasteiger partial charge >= 0.3 is 0 Å². The number of nitrogens with zero attached hydrogens (tertiary/aromatic N) is 4. The fourth-order valence-electron chi connectivity index (χ4n) is 5.01. The summed E-state index contributed by atoms with van der Waals surface area (Å²) in [4.78, 5) is 26.1. The van der Waals surface area contributed by atoms with E-state index in [4.69, 9.17) is 4.74 Å². The molecule has 1 aliphatic carbocycles. The number of benzene rings is 3. The summed E-state index contributed by atoms with van der Waals surface area (Å²) >= 11 is 0. The van der Waals surface area contributed by atoms with Crippen LogP contribution in [0.15, 0.2) is 79.0 Å². The van der Waals surface area contributed by atoms with E-state index in [0.29, 0.717) is 36.6 Å². The van der Waals surface area contributed by atoms with Gasteiger partial charge in [0.1, 0.15) is 11.8 Å². The van der Waals surface area contributed by atoms with Gasteiger partial charge in [-0.3, -0.25) is 14.3 Å². The predicted octanol–water partition coefficient (Wildman–Crippen LogP) is 3.91. The van der Waals surface area contributed by atoms with Gasteiger partial charge in [-0.1, -0.05) is 65.9 Å². The van der Waals surface area contributed by atoms with Crippen molar-refractivity contribution in [3.8, 4) is 0 Å². The average molecular weight is 465 g/mol. The topological polar surface area (TPSA) is 77.3 Å². The number of carbonyl (C=O) groups excluding carboxylic acids is 2. The van der Waals surface area contributed by atoms with E-state index in [-0.39, 0.29) is 6.10 Å². The largest absolute Gasteiger partial charge is 0.362 e. The van der Waals surface area contributed by atoms with E-state index in [1.807, 2.05) is 12.3 Å². The van der Waals surface area contributed by atoms with E-state index >= 15 is 0 Å². The first-order valence-corrected chi connectivity index (χ1v) is 11.8. The number of fused-ring (bicyclic) bond motifs is 3. The van der Waals surface area contributed by atoms with Crippen LogP contribution in [0.4, 0.5) is 5.69 Å². The molecule has 7 nitrogen and oxygen atoms in total. The molecule has 6 rings (SSSR count). The summed E-state index contributed by atoms with van der Waals surface area (Å²) in [7, 11) is 0. The molecule has 174 valence electrons. The molecule has 2 heterocycles. The molecule has 0 radical (unpaired) electrons. The van der Waals surface area contributed by atoms with Crippen LogP contribution in [-0.2, 0) is 35.5 Å². The minimum Gasteiger partial charge on any atom is -0.362 e. The Morgan fingerprint density at radius 2 is 1.49 bits per heavy atom. The summed E-state index contributed by atoms with van der Waals surface area (Å²) in [6.45, 7) is 1.08. The quantitative estimate of drug-likeness (QED) is 0.405. The molecule has 1 aromatic heterocycles. The molecular weight excluding hydrogens is 440 g/mol. The molecule has 4 aromatic rings. The summed E-state index contributed by atoms with van der Waals surface area (Å²) in [5, 5.41) is 8.49. The molecule has 2 aliphatic rings. The van der Waals surface area contributed by atoms with Crippen molar-refractivity contribution in [2.45, 2.75) is 32.1 Å². The summed E-state index contributed by atoms with van der Waals surface area (Å²) in [5.74, 6) is -0.960. The van der Waals surface area contributed by atoms with Crippen LogP contribution >= 0.6 is 0 Å². The third kappa shape index (κ3) is 3.94. The van der Waals surface area contributed by atoms with Gasteiger partial charge in [-0.25, -0.2) is 0 Å². The van der Waals surface area contributed by atoms with Crippen LogP contribution in [0.25, 0.3) is 0 Å². The molecule has 35 heavy (non-hydrogen) atoms. The van der Waals surface area contributed by atoms with Crippen molar-refractivity contribution < 1.29 is 14.3 Å². The molecule has 1 aliphatic heterocycles. The molecule has 7 heteroatoms. The maximum absolute atomic E-state index is 12.4. The number of hydrogen-bond donors (Lipinski definition) is 0. The average Bonchev–Trinajstić information content (AvgIpc) is 3.39. The zero-order valence-electron chi connectivity index (χ0n) is 19.1. The van der Waals surface area contributed by atoms with Crippen molar-refractivity contribution in [2.24, 2.45) is 0 Å². The van der Waals surface area contributed by atoms with Crippen LogP contribution in [0.3, 0.4) is 0 Å². The van der Waals surface area contributed by atoms with Crippen LogP contribution in [-0.4, -0.2) is 33.2 Å². The zero-order chi connectivity index (χ0) is 23.8. The SMILES string of the molecule is O=C1C(=O)N(CCn2cc(COC3c4ccccc4CCc4ccccc43)nn2)c2ccccc21. The first-order valence-electron chi connectivity index (χ1n) is 11.8. The van der Waals surface area contributed by atoms with Gasteiger partial charge in [-0.2, -0.15) is 0 Å². The van der Waals surface area contributed by atoms with Crippen molar-refractivity contribution in [3.63, 3.8) is 0 Å². The Morgan fingerprint density at radius 1 is 0.829 bits per heavy atom. The highest BCUT2D eigenvalue weighted by Crippen LogP contribution is 2.35. The van der Waals surface area contributed by atoms with Crippen LogP contribution in [0.5, 0.6) is 0 Å². The lowest BCUT2D eigenvalue weighted by Crippen LogP contribution is -2.32. The second-order valence-electron chi connectivity index (χ2n) is 8.86. The lowest BCUT2D eigenvalue weighted by molar-refractivity contribution is -0.114. The number of carbonyl (C=O) groups is 2. The summed E-state index contributed by atoms with van der Waals surface area (Å²) in [6, 6.07) is 24.0. The highest BCUT2D eigenvalue weighted by molar-refractivity contribution is 6.52. The van der Waals surface area contributed by atoms with E-state index in [9.17, 15) is 9.59 Å². The monoisotopic (exact) mass is 464 g/mol. The number of hydrogen-bond acceptors (Lipinski definition) is 5. The van der Waals surface area contributed by atoms with Crippen LogP contribution in [0.2, 0.25) is 0 Å². The molecule has 0 saturated carbocycles. The Balaban J connectivity index is 1.16. The smallest absolute Gasteiger partial charge is 0.299 e. The molecule has 0 saturated heterocycles. The van der Waals surface area contributed by atoms with Crippen molar-refractivity contribution in [2.75, 3.05) is 11.4 Å². The molecular formula is C28H24N4O3. The number of amides is 1. The van der Waals surface area contributed by atoms with Gasteiger partial charge in [-0.05, 0) is 47.2 Å². The van der Waals surface area contributed by atoms with Gasteiger partial charge in [0.15, 0.2) is 0 Å². The van der Waals surface area contributed by atoms with E-state index < -0.39 is 11.7 Å². The number of anilines is 1. The minimum absolute atomic E-state index is 0.167. The highest BCUT2D eigenvalue weighted by Gasteiger charge is 2.35. The molecule has 1 amide bonds. The van der Waals surface area contributed by atoms with Gasteiger partial charge in [0.2, 0.25) is 0 Å². The Hall–Kier alpha value is -4.10. The number of ketones is 1. The van der Waals surface area contributed by atoms with Gasteiger partial charge in [0, 0.05) is 6.54 Å². The van der Waals surface area contributed by atoms with Crippen molar-refractivity contribution in [1.82, 2.24) is 15.0 Å². The number of ether oxygens (including phenoxy) is 1. The normalized spacial score (nSPS) is 15.0. The van der Waals surface area contributed by atoms with Crippen molar-refractivity contribution in [3.05, 3.63) is 113 Å². The van der Waals surface area contributed by atoms with Crippen molar-refractivity contribution >= 4 is 17.4 Å². The summed E-state index contributed by atoms with van der Waals surface area (Å²) in [5.41, 5.74) is 6.82. The summed E-state index contributed by atoms with van der Waals surface area (Å²) < 4.78 is 8.13. The molecule has 0 atom stereocenters. The van der Waals surface area contributed by atoms with Gasteiger partial charge < -0.3 is 9.64 Å². The van der Waals surface area contributed by atoms with Crippen LogP contribution in [0.1, 0.15) is 44.4 Å². The number of Topliss-reactive ketones (excluding diaryl/α,β-unsaturated/α-hetero) is 1. The van der Waals surface area contributed by atoms with Crippen LogP contribution in [0, 0.1) is 0 Å². The van der Waals surface area contributed by atoms with E-state index in [0.717, 1.165) is 12.8 Å². The lowest BCUT2D eigenvalue weighted by atomic mass is 9.97. The first kappa shape index (κ1) is 21.4. The maximum Gasteiger partial charge on any atom is 0.299 e. The van der Waals surface area contributed by atoms with E-state index in [1.54, 1.807) is 22.9 Å². The molecule has 3 aromatic carbocycles. The second-order valence-corrected chi connectivity index (χ2v) is 8.86. The van der Waals surface area contributed by atoms with Crippen LogP contribution < -0.4 is 4.90 Å². The maximum atomic E-state index is 12.4. The molecule has 0 N–H and O–H groups in total.